The van der Waals surface area contributed by atoms with Gasteiger partial charge in [0, 0.05) is 16.1 Å². The summed E-state index contributed by atoms with van der Waals surface area (Å²) in [6, 6.07) is 8.85. The van der Waals surface area contributed by atoms with Gasteiger partial charge in [-0.05, 0) is 35.6 Å². The van der Waals surface area contributed by atoms with Gasteiger partial charge in [-0.15, -0.1) is 11.8 Å². The van der Waals surface area contributed by atoms with E-state index in [1.54, 1.807) is 0 Å². The lowest BCUT2D eigenvalue weighted by molar-refractivity contribution is 0.850. The zero-order valence-electron chi connectivity index (χ0n) is 12.8. The minimum absolute atomic E-state index is 0.529. The van der Waals surface area contributed by atoms with E-state index in [0.717, 1.165) is 12.8 Å². The highest BCUT2D eigenvalue weighted by Gasteiger charge is 2.35. The van der Waals surface area contributed by atoms with Crippen molar-refractivity contribution in [1.29, 1.82) is 0 Å². The van der Waals surface area contributed by atoms with Crippen LogP contribution in [0, 0.1) is 0 Å². The van der Waals surface area contributed by atoms with Crippen LogP contribution >= 0.6 is 11.8 Å². The Morgan fingerprint density at radius 2 is 2.05 bits per heavy atom. The van der Waals surface area contributed by atoms with Crippen molar-refractivity contribution in [1.82, 2.24) is 0 Å². The Morgan fingerprint density at radius 1 is 1.19 bits per heavy atom. The maximum absolute atomic E-state index is 2.36. The zero-order chi connectivity index (χ0) is 14.7. The summed E-state index contributed by atoms with van der Waals surface area (Å²) in [5, 5.41) is 0.534. The topological polar surface area (TPSA) is 0 Å². The lowest BCUT2D eigenvalue weighted by Crippen LogP contribution is -2.15. The number of allylic oxidation sites excluding steroid dienone is 7. The maximum atomic E-state index is 2.36. The fourth-order valence-electron chi connectivity index (χ4n) is 3.08. The second-order valence-electron chi connectivity index (χ2n) is 5.49. The first-order valence-corrected chi connectivity index (χ1v) is 8.74. The number of thioether (sulfide) groups is 1. The molecule has 3 rings (SSSR count). The van der Waals surface area contributed by atoms with Gasteiger partial charge in [0.2, 0.25) is 0 Å². The van der Waals surface area contributed by atoms with Gasteiger partial charge in [0.05, 0.1) is 0 Å². The summed E-state index contributed by atoms with van der Waals surface area (Å²) < 4.78 is 0. The highest BCUT2D eigenvalue weighted by molar-refractivity contribution is 8.00. The molecule has 108 valence electrons. The summed E-state index contributed by atoms with van der Waals surface area (Å²) in [6.07, 6.45) is 16.0. The van der Waals surface area contributed by atoms with Crippen LogP contribution in [0.25, 0.3) is 0 Å². The Kier molecular flexibility index (Phi) is 4.50. The van der Waals surface area contributed by atoms with Crippen LogP contribution < -0.4 is 0 Å². The minimum atomic E-state index is 0.529. The average molecular weight is 294 g/mol. The van der Waals surface area contributed by atoms with Crippen molar-refractivity contribution in [3.05, 3.63) is 77.4 Å². The molecule has 1 heteroatoms. The van der Waals surface area contributed by atoms with Gasteiger partial charge < -0.3 is 0 Å². The highest BCUT2D eigenvalue weighted by atomic mass is 32.2. The molecular weight excluding hydrogens is 272 g/mol. The molecule has 2 aliphatic rings. The SMILES string of the molecule is CC/C=C\C(=C/CC)C1=CC=CC2c3ccccc3SC12. The standard InChI is InChI=1S/C20H22S/c1-3-5-10-15(9-4-2)16-12-8-13-18-17-11-6-7-14-19(17)21-20(16)18/h5-14,18,20H,3-4H2,1-2H3/b10-5-,15-9+. The second-order valence-corrected chi connectivity index (χ2v) is 6.67. The van der Waals surface area contributed by atoms with Gasteiger partial charge >= 0.3 is 0 Å². The molecule has 1 aliphatic carbocycles. The molecule has 1 aliphatic heterocycles. The Hall–Kier alpha value is -1.47. The lowest BCUT2D eigenvalue weighted by atomic mass is 9.85. The van der Waals surface area contributed by atoms with Gasteiger partial charge in [0.25, 0.3) is 0 Å². The normalized spacial score (nSPS) is 24.1. The molecule has 1 heterocycles. The van der Waals surface area contributed by atoms with E-state index in [4.69, 9.17) is 0 Å². The summed E-state index contributed by atoms with van der Waals surface area (Å²) in [5.74, 6) is 0.529. The van der Waals surface area contributed by atoms with Gasteiger partial charge in [-0.3, -0.25) is 0 Å². The third kappa shape index (κ3) is 2.80. The minimum Gasteiger partial charge on any atom is -0.117 e. The maximum Gasteiger partial charge on any atom is 0.0454 e. The van der Waals surface area contributed by atoms with Crippen molar-refractivity contribution in [2.75, 3.05) is 0 Å². The van der Waals surface area contributed by atoms with E-state index < -0.39 is 0 Å². The quantitative estimate of drug-likeness (QED) is 0.610. The molecule has 1 aromatic rings. The molecule has 0 bridgehead atoms. The van der Waals surface area contributed by atoms with Gasteiger partial charge in [-0.1, -0.05) is 68.5 Å². The van der Waals surface area contributed by atoms with Crippen LogP contribution in [-0.4, -0.2) is 5.25 Å². The molecule has 0 saturated carbocycles. The molecule has 0 saturated heterocycles. The first-order chi connectivity index (χ1) is 10.3. The third-order valence-electron chi connectivity index (χ3n) is 4.05. The van der Waals surface area contributed by atoms with Crippen molar-refractivity contribution in [2.24, 2.45) is 0 Å². The molecule has 2 atom stereocenters. The molecule has 0 amide bonds. The summed E-state index contributed by atoms with van der Waals surface area (Å²) in [6.45, 7) is 4.41. The molecule has 0 N–H and O–H groups in total. The molecule has 21 heavy (non-hydrogen) atoms. The smallest absolute Gasteiger partial charge is 0.0454 e. The van der Waals surface area contributed by atoms with Crippen LogP contribution in [0.2, 0.25) is 0 Å². The molecule has 0 radical (unpaired) electrons. The molecule has 0 aromatic heterocycles. The number of hydrogen-bond acceptors (Lipinski definition) is 1. The van der Waals surface area contributed by atoms with Crippen LogP contribution in [0.15, 0.2) is 76.8 Å². The molecule has 2 unspecified atom stereocenters. The van der Waals surface area contributed by atoms with Crippen LogP contribution in [0.3, 0.4) is 0 Å². The molecular formula is C20H22S. The van der Waals surface area contributed by atoms with Crippen LogP contribution in [0.5, 0.6) is 0 Å². The van der Waals surface area contributed by atoms with Gasteiger partial charge in [0.15, 0.2) is 0 Å². The van der Waals surface area contributed by atoms with E-state index >= 15 is 0 Å². The van der Waals surface area contributed by atoms with Gasteiger partial charge in [-0.25, -0.2) is 0 Å². The molecule has 0 fully saturated rings. The van der Waals surface area contributed by atoms with E-state index in [0.29, 0.717) is 11.2 Å². The molecule has 0 nitrogen and oxygen atoms in total. The van der Waals surface area contributed by atoms with E-state index in [1.807, 2.05) is 11.8 Å². The van der Waals surface area contributed by atoms with Gasteiger partial charge in [-0.2, -0.15) is 0 Å². The van der Waals surface area contributed by atoms with Gasteiger partial charge in [0.1, 0.15) is 0 Å². The number of rotatable bonds is 4. The third-order valence-corrected chi connectivity index (χ3v) is 5.48. The largest absolute Gasteiger partial charge is 0.117 e. The number of fused-ring (bicyclic) bond motifs is 3. The van der Waals surface area contributed by atoms with Crippen molar-refractivity contribution < 1.29 is 0 Å². The fourth-order valence-corrected chi connectivity index (χ4v) is 4.58. The number of hydrogen-bond donors (Lipinski definition) is 0. The highest BCUT2D eigenvalue weighted by Crippen LogP contribution is 2.51. The molecule has 1 aromatic carbocycles. The Labute approximate surface area is 132 Å². The summed E-state index contributed by atoms with van der Waals surface area (Å²) in [4.78, 5) is 1.44. The monoisotopic (exact) mass is 294 g/mol. The summed E-state index contributed by atoms with van der Waals surface area (Å²) in [5.41, 5.74) is 4.37. The Balaban J connectivity index is 1.95. The Morgan fingerprint density at radius 3 is 2.86 bits per heavy atom. The lowest BCUT2D eigenvalue weighted by Gasteiger charge is -2.24. The van der Waals surface area contributed by atoms with Crippen LogP contribution in [-0.2, 0) is 0 Å². The predicted octanol–water partition coefficient (Wildman–Crippen LogP) is 6.04. The summed E-state index contributed by atoms with van der Waals surface area (Å²) >= 11 is 2.02. The Bertz CT molecular complexity index is 631. The van der Waals surface area contributed by atoms with Crippen molar-refractivity contribution >= 4 is 11.8 Å². The van der Waals surface area contributed by atoms with Crippen molar-refractivity contribution in [3.8, 4) is 0 Å². The predicted molar refractivity (Wildman–Crippen MR) is 93.9 cm³/mol. The first kappa shape index (κ1) is 14.5. The molecule has 0 spiro atoms. The zero-order valence-corrected chi connectivity index (χ0v) is 13.6. The van der Waals surface area contributed by atoms with E-state index in [1.165, 1.54) is 21.6 Å². The van der Waals surface area contributed by atoms with Crippen LogP contribution in [0.4, 0.5) is 0 Å². The van der Waals surface area contributed by atoms with E-state index in [2.05, 4.69) is 74.6 Å². The van der Waals surface area contributed by atoms with Crippen molar-refractivity contribution in [2.45, 2.75) is 42.8 Å². The number of benzene rings is 1. The van der Waals surface area contributed by atoms with E-state index in [-0.39, 0.29) is 0 Å². The van der Waals surface area contributed by atoms with Crippen LogP contribution in [0.1, 0.15) is 38.2 Å². The fraction of sp³-hybridized carbons (Fsp3) is 0.300. The average Bonchev–Trinajstić information content (AvgIpc) is 2.90. The summed E-state index contributed by atoms with van der Waals surface area (Å²) in [7, 11) is 0. The first-order valence-electron chi connectivity index (χ1n) is 7.86. The van der Waals surface area contributed by atoms with Crippen molar-refractivity contribution in [3.63, 3.8) is 0 Å². The second kappa shape index (κ2) is 6.53. The van der Waals surface area contributed by atoms with E-state index in [9.17, 15) is 0 Å².